The van der Waals surface area contributed by atoms with Crippen molar-refractivity contribution in [3.63, 3.8) is 0 Å². The molecular weight excluding hydrogens is 331 g/mol. The zero-order valence-corrected chi connectivity index (χ0v) is 15.0. The summed E-state index contributed by atoms with van der Waals surface area (Å²) in [5, 5.41) is 6.00. The van der Waals surface area contributed by atoms with Gasteiger partial charge < -0.3 is 15.4 Å². The fourth-order valence-corrected chi connectivity index (χ4v) is 3.55. The van der Waals surface area contributed by atoms with Crippen LogP contribution >= 0.6 is 0 Å². The Balaban J connectivity index is 1.61. The van der Waals surface area contributed by atoms with Gasteiger partial charge in [0.25, 0.3) is 0 Å². The van der Waals surface area contributed by atoms with Gasteiger partial charge in [-0.05, 0) is 54.2 Å². The van der Waals surface area contributed by atoms with Crippen molar-refractivity contribution < 1.29 is 13.9 Å². The molecule has 0 aromatic heterocycles. The molecule has 2 aromatic carbocycles. The minimum Gasteiger partial charge on any atom is -0.497 e. The van der Waals surface area contributed by atoms with Crippen LogP contribution in [0, 0.1) is 11.7 Å². The molecule has 2 amide bonds. The van der Waals surface area contributed by atoms with Gasteiger partial charge in [-0.2, -0.15) is 0 Å². The fourth-order valence-electron chi connectivity index (χ4n) is 3.55. The number of hydrogen-bond acceptors (Lipinski definition) is 2. The molecule has 1 aliphatic rings. The molecule has 0 heterocycles. The third-order valence-corrected chi connectivity index (χ3v) is 5.00. The first-order valence-electron chi connectivity index (χ1n) is 9.08. The quantitative estimate of drug-likeness (QED) is 0.797. The molecule has 3 rings (SSSR count). The summed E-state index contributed by atoms with van der Waals surface area (Å²) < 4.78 is 18.4. The molecule has 1 saturated carbocycles. The lowest BCUT2D eigenvalue weighted by molar-refractivity contribution is 0.230. The number of hydrogen-bond donors (Lipinski definition) is 2. The molecule has 2 N–H and O–H groups in total. The van der Waals surface area contributed by atoms with Crippen molar-refractivity contribution in [2.45, 2.75) is 38.3 Å². The predicted molar refractivity (Wildman–Crippen MR) is 99.5 cm³/mol. The number of benzene rings is 2. The van der Waals surface area contributed by atoms with Crippen molar-refractivity contribution in [3.05, 3.63) is 65.5 Å². The Morgan fingerprint density at radius 2 is 1.77 bits per heavy atom. The second-order valence-corrected chi connectivity index (χ2v) is 6.75. The van der Waals surface area contributed by atoms with E-state index >= 15 is 0 Å². The molecule has 138 valence electrons. The first-order valence-corrected chi connectivity index (χ1v) is 9.08. The number of ether oxygens (including phenoxy) is 1. The second kappa shape index (κ2) is 8.70. The van der Waals surface area contributed by atoms with E-state index in [2.05, 4.69) is 10.6 Å². The summed E-state index contributed by atoms with van der Waals surface area (Å²) in [6.07, 6.45) is 4.52. The van der Waals surface area contributed by atoms with Crippen LogP contribution in [-0.4, -0.2) is 13.1 Å². The minimum absolute atomic E-state index is 0.0889. The highest BCUT2D eigenvalue weighted by Crippen LogP contribution is 2.35. The Morgan fingerprint density at radius 1 is 1.12 bits per heavy atom. The van der Waals surface area contributed by atoms with E-state index in [1.54, 1.807) is 19.2 Å². The zero-order valence-electron chi connectivity index (χ0n) is 15.0. The van der Waals surface area contributed by atoms with Crippen molar-refractivity contribution in [1.82, 2.24) is 10.6 Å². The van der Waals surface area contributed by atoms with E-state index in [0.29, 0.717) is 12.5 Å². The Kier molecular flexibility index (Phi) is 6.10. The summed E-state index contributed by atoms with van der Waals surface area (Å²) >= 11 is 0. The highest BCUT2D eigenvalue weighted by atomic mass is 19.1. The summed E-state index contributed by atoms with van der Waals surface area (Å²) in [5.74, 6) is 0.922. The SMILES string of the molecule is COc1ccc(CNC(=O)NC(c2ccc(F)cc2)C2CCCC2)cc1. The monoisotopic (exact) mass is 356 g/mol. The van der Waals surface area contributed by atoms with Gasteiger partial charge in [0.05, 0.1) is 13.2 Å². The van der Waals surface area contributed by atoms with Gasteiger partial charge in [-0.3, -0.25) is 0 Å². The smallest absolute Gasteiger partial charge is 0.315 e. The van der Waals surface area contributed by atoms with Crippen molar-refractivity contribution in [1.29, 1.82) is 0 Å². The highest BCUT2D eigenvalue weighted by Gasteiger charge is 2.27. The Morgan fingerprint density at radius 3 is 2.38 bits per heavy atom. The molecule has 1 aliphatic carbocycles. The number of nitrogens with one attached hydrogen (secondary N) is 2. The van der Waals surface area contributed by atoms with Gasteiger partial charge in [0.15, 0.2) is 0 Å². The number of carbonyl (C=O) groups is 1. The van der Waals surface area contributed by atoms with Crippen molar-refractivity contribution >= 4 is 6.03 Å². The fraction of sp³-hybridized carbons (Fsp3) is 0.381. The predicted octanol–water partition coefficient (Wildman–Crippen LogP) is 4.57. The van der Waals surface area contributed by atoms with Crippen LogP contribution in [0.1, 0.15) is 42.9 Å². The van der Waals surface area contributed by atoms with Gasteiger partial charge in [0.1, 0.15) is 11.6 Å². The third-order valence-electron chi connectivity index (χ3n) is 5.00. The average molecular weight is 356 g/mol. The summed E-state index contributed by atoms with van der Waals surface area (Å²) in [4.78, 5) is 12.4. The van der Waals surface area contributed by atoms with Crippen LogP contribution in [0.15, 0.2) is 48.5 Å². The van der Waals surface area contributed by atoms with Gasteiger partial charge >= 0.3 is 6.03 Å². The Bertz CT molecular complexity index is 710. The van der Waals surface area contributed by atoms with E-state index < -0.39 is 0 Å². The summed E-state index contributed by atoms with van der Waals surface area (Å²) in [5.41, 5.74) is 1.96. The lowest BCUT2D eigenvalue weighted by atomic mass is 9.91. The van der Waals surface area contributed by atoms with E-state index in [9.17, 15) is 9.18 Å². The Hall–Kier alpha value is -2.56. The topological polar surface area (TPSA) is 50.4 Å². The molecule has 0 bridgehead atoms. The first-order chi connectivity index (χ1) is 12.7. The minimum atomic E-state index is -0.261. The van der Waals surface area contributed by atoms with Crippen LogP contribution in [0.4, 0.5) is 9.18 Å². The van der Waals surface area contributed by atoms with Gasteiger partial charge in [-0.15, -0.1) is 0 Å². The van der Waals surface area contributed by atoms with Crippen LogP contribution in [0.5, 0.6) is 5.75 Å². The van der Waals surface area contributed by atoms with Crippen LogP contribution < -0.4 is 15.4 Å². The number of halogens is 1. The Labute approximate surface area is 153 Å². The lowest BCUT2D eigenvalue weighted by Crippen LogP contribution is -2.40. The second-order valence-electron chi connectivity index (χ2n) is 6.75. The van der Waals surface area contributed by atoms with E-state index in [0.717, 1.165) is 29.7 Å². The standard InChI is InChI=1S/C21H25FN2O2/c1-26-19-12-6-15(7-13-19)14-23-21(25)24-20(16-4-2-3-5-16)17-8-10-18(22)11-9-17/h6-13,16,20H,2-5,14H2,1H3,(H2,23,24,25). The van der Waals surface area contributed by atoms with E-state index in [4.69, 9.17) is 4.74 Å². The number of rotatable bonds is 6. The number of carbonyl (C=O) groups excluding carboxylic acids is 1. The number of urea groups is 1. The molecule has 1 fully saturated rings. The van der Waals surface area contributed by atoms with Gasteiger partial charge in [-0.25, -0.2) is 9.18 Å². The molecule has 4 nitrogen and oxygen atoms in total. The zero-order chi connectivity index (χ0) is 18.4. The summed E-state index contributed by atoms with van der Waals surface area (Å²) in [6, 6.07) is 13.7. The average Bonchev–Trinajstić information content (AvgIpc) is 3.20. The highest BCUT2D eigenvalue weighted by molar-refractivity contribution is 5.74. The van der Waals surface area contributed by atoms with E-state index in [1.807, 2.05) is 24.3 Å². The number of methoxy groups -OCH3 is 1. The third kappa shape index (κ3) is 4.75. The molecule has 0 saturated heterocycles. The molecule has 0 spiro atoms. The van der Waals surface area contributed by atoms with Crippen molar-refractivity contribution in [3.8, 4) is 5.75 Å². The summed E-state index contributed by atoms with van der Waals surface area (Å²) in [6.45, 7) is 0.441. The maximum absolute atomic E-state index is 13.2. The lowest BCUT2D eigenvalue weighted by Gasteiger charge is -2.25. The van der Waals surface area contributed by atoms with Crippen LogP contribution in [0.25, 0.3) is 0 Å². The molecule has 5 heteroatoms. The number of amides is 2. The van der Waals surface area contributed by atoms with Gasteiger partial charge in [0, 0.05) is 6.54 Å². The molecule has 1 unspecified atom stereocenters. The van der Waals surface area contributed by atoms with Crippen LogP contribution in [-0.2, 0) is 6.54 Å². The van der Waals surface area contributed by atoms with E-state index in [-0.39, 0.29) is 17.9 Å². The molecule has 1 atom stereocenters. The molecule has 2 aromatic rings. The van der Waals surface area contributed by atoms with E-state index in [1.165, 1.54) is 25.0 Å². The van der Waals surface area contributed by atoms with Crippen molar-refractivity contribution in [2.24, 2.45) is 5.92 Å². The summed E-state index contributed by atoms with van der Waals surface area (Å²) in [7, 11) is 1.62. The molecule has 0 aliphatic heterocycles. The first kappa shape index (κ1) is 18.2. The van der Waals surface area contributed by atoms with Crippen LogP contribution in [0.3, 0.4) is 0 Å². The molecule has 0 radical (unpaired) electrons. The van der Waals surface area contributed by atoms with Gasteiger partial charge in [-0.1, -0.05) is 37.1 Å². The largest absolute Gasteiger partial charge is 0.497 e. The maximum Gasteiger partial charge on any atom is 0.315 e. The normalized spacial score (nSPS) is 15.5. The maximum atomic E-state index is 13.2. The molecular formula is C21H25FN2O2. The van der Waals surface area contributed by atoms with Crippen molar-refractivity contribution in [2.75, 3.05) is 7.11 Å². The van der Waals surface area contributed by atoms with Gasteiger partial charge in [0.2, 0.25) is 0 Å². The van der Waals surface area contributed by atoms with Crippen LogP contribution in [0.2, 0.25) is 0 Å². The molecule has 26 heavy (non-hydrogen) atoms.